The first-order valence-electron chi connectivity index (χ1n) is 11.8. The quantitative estimate of drug-likeness (QED) is 0.253. The maximum absolute atomic E-state index is 13.4. The normalized spacial score (nSPS) is 12.5. The molecule has 0 bridgehead atoms. The van der Waals surface area contributed by atoms with Crippen LogP contribution in [0.15, 0.2) is 71.6 Å². The van der Waals surface area contributed by atoms with E-state index in [1.54, 1.807) is 25.1 Å². The molecule has 200 valence electrons. The molecule has 4 aromatic rings. The topological polar surface area (TPSA) is 88.3 Å². The molecule has 0 aliphatic rings. The molecule has 6 nitrogen and oxygen atoms in total. The second-order valence-corrected chi connectivity index (χ2v) is 11.5. The van der Waals surface area contributed by atoms with Crippen molar-refractivity contribution in [3.8, 4) is 11.1 Å². The Morgan fingerprint density at radius 3 is 2.24 bits per heavy atom. The van der Waals surface area contributed by atoms with Crippen molar-refractivity contribution in [3.05, 3.63) is 83.6 Å². The van der Waals surface area contributed by atoms with E-state index in [0.29, 0.717) is 10.9 Å². The lowest BCUT2D eigenvalue weighted by atomic mass is 9.87. The predicted molar refractivity (Wildman–Crippen MR) is 141 cm³/mol. The summed E-state index contributed by atoms with van der Waals surface area (Å²) in [6.07, 6.45) is -4.59. The minimum absolute atomic E-state index is 0.0287. The highest BCUT2D eigenvalue weighted by atomic mass is 32.2. The Balaban J connectivity index is 1.80. The molecule has 0 aliphatic heterocycles. The van der Waals surface area contributed by atoms with Gasteiger partial charge in [0.05, 0.1) is 17.1 Å². The lowest BCUT2D eigenvalue weighted by Gasteiger charge is -2.19. The molecule has 0 saturated heterocycles. The van der Waals surface area contributed by atoms with E-state index in [9.17, 15) is 26.4 Å². The summed E-state index contributed by atoms with van der Waals surface area (Å²) in [5.74, 6) is -0.739. The number of aromatic amines is 1. The van der Waals surface area contributed by atoms with Gasteiger partial charge in [-0.2, -0.15) is 13.2 Å². The highest BCUT2D eigenvalue weighted by molar-refractivity contribution is 7.92. The summed E-state index contributed by atoms with van der Waals surface area (Å²) in [6.45, 7) is 7.74. The van der Waals surface area contributed by atoms with Crippen LogP contribution in [0, 0.1) is 0 Å². The highest BCUT2D eigenvalue weighted by Gasteiger charge is 2.31. The predicted octanol–water partition coefficient (Wildman–Crippen LogP) is 7.13. The molecule has 1 heterocycles. The van der Waals surface area contributed by atoms with Crippen LogP contribution < -0.4 is 4.72 Å². The Morgan fingerprint density at radius 1 is 0.947 bits per heavy atom. The Kier molecular flexibility index (Phi) is 7.05. The number of rotatable bonds is 6. The number of H-pyrrole nitrogens is 1. The number of anilines is 1. The third-order valence-electron chi connectivity index (χ3n) is 6.04. The second-order valence-electron chi connectivity index (χ2n) is 9.81. The van der Waals surface area contributed by atoms with Gasteiger partial charge in [0.1, 0.15) is 5.69 Å². The summed E-state index contributed by atoms with van der Waals surface area (Å²) in [5.41, 5.74) is 0.840. The number of nitrogens with one attached hydrogen (secondary N) is 2. The molecule has 38 heavy (non-hydrogen) atoms. The van der Waals surface area contributed by atoms with Crippen molar-refractivity contribution in [2.45, 2.75) is 44.2 Å². The van der Waals surface area contributed by atoms with Gasteiger partial charge in [-0.1, -0.05) is 45.0 Å². The van der Waals surface area contributed by atoms with Crippen molar-refractivity contribution < 1.29 is 31.1 Å². The minimum Gasteiger partial charge on any atom is -0.461 e. The van der Waals surface area contributed by atoms with Crippen molar-refractivity contribution >= 4 is 32.6 Å². The van der Waals surface area contributed by atoms with Gasteiger partial charge in [-0.3, -0.25) is 4.72 Å². The standard InChI is InChI=1S/C28H27F3N2O4S/c1-5-37-26(34)25-24(17-7-6-8-19(15-17)28(29,30)31)22-16-20(11-14-23(22)32-25)33-38(35,36)21-12-9-18(10-13-21)27(2,3)4/h6-16,32-33H,5H2,1-4H3. The fraction of sp³-hybridized carbons (Fsp3) is 0.250. The summed E-state index contributed by atoms with van der Waals surface area (Å²) in [7, 11) is -3.97. The van der Waals surface area contributed by atoms with Crippen LogP contribution in [0.4, 0.5) is 18.9 Å². The summed E-state index contributed by atoms with van der Waals surface area (Å²) < 4.78 is 74.1. The zero-order chi connectivity index (χ0) is 27.9. The van der Waals surface area contributed by atoms with Crippen molar-refractivity contribution in [1.29, 1.82) is 0 Å². The molecule has 1 aromatic heterocycles. The maximum Gasteiger partial charge on any atom is 0.416 e. The number of carbonyl (C=O) groups is 1. The monoisotopic (exact) mass is 544 g/mol. The molecule has 0 saturated carbocycles. The van der Waals surface area contributed by atoms with Crippen molar-refractivity contribution in [2.75, 3.05) is 11.3 Å². The fourth-order valence-electron chi connectivity index (χ4n) is 4.11. The van der Waals surface area contributed by atoms with Gasteiger partial charge in [-0.05, 0) is 65.9 Å². The van der Waals surface area contributed by atoms with Crippen LogP contribution >= 0.6 is 0 Å². The van der Waals surface area contributed by atoms with Crippen LogP contribution in [0.3, 0.4) is 0 Å². The van der Waals surface area contributed by atoms with E-state index in [4.69, 9.17) is 4.74 Å². The van der Waals surface area contributed by atoms with Crippen LogP contribution in [0.5, 0.6) is 0 Å². The molecule has 0 amide bonds. The van der Waals surface area contributed by atoms with Crippen LogP contribution in [0.1, 0.15) is 49.3 Å². The number of hydrogen-bond donors (Lipinski definition) is 2. The first-order valence-corrected chi connectivity index (χ1v) is 13.3. The molecule has 2 N–H and O–H groups in total. The van der Waals surface area contributed by atoms with E-state index >= 15 is 0 Å². The fourth-order valence-corrected chi connectivity index (χ4v) is 5.16. The van der Waals surface area contributed by atoms with Gasteiger partial charge in [0.2, 0.25) is 0 Å². The van der Waals surface area contributed by atoms with Crippen LogP contribution in [-0.4, -0.2) is 26.0 Å². The number of sulfonamides is 1. The van der Waals surface area contributed by atoms with E-state index in [2.05, 4.69) is 9.71 Å². The summed E-state index contributed by atoms with van der Waals surface area (Å²) in [6, 6.07) is 15.7. The first-order chi connectivity index (χ1) is 17.7. The van der Waals surface area contributed by atoms with Gasteiger partial charge >= 0.3 is 12.1 Å². The first kappa shape index (κ1) is 27.3. The van der Waals surface area contributed by atoms with E-state index in [0.717, 1.165) is 17.7 Å². The van der Waals surface area contributed by atoms with Crippen molar-refractivity contribution in [3.63, 3.8) is 0 Å². The Morgan fingerprint density at radius 2 is 1.63 bits per heavy atom. The molecule has 4 rings (SSSR count). The van der Waals surface area contributed by atoms with Crippen molar-refractivity contribution in [1.82, 2.24) is 4.98 Å². The Labute approximate surface area is 218 Å². The lowest BCUT2D eigenvalue weighted by Crippen LogP contribution is -2.14. The van der Waals surface area contributed by atoms with Gasteiger partial charge < -0.3 is 9.72 Å². The zero-order valence-electron chi connectivity index (χ0n) is 21.2. The molecule has 3 aromatic carbocycles. The summed E-state index contributed by atoms with van der Waals surface area (Å²) in [5, 5.41) is 0.357. The number of alkyl halides is 3. The highest BCUT2D eigenvalue weighted by Crippen LogP contribution is 2.38. The minimum atomic E-state index is -4.59. The number of hydrogen-bond acceptors (Lipinski definition) is 4. The van der Waals surface area contributed by atoms with E-state index in [-0.39, 0.29) is 39.4 Å². The van der Waals surface area contributed by atoms with E-state index in [1.807, 2.05) is 20.8 Å². The molecule has 0 atom stereocenters. The van der Waals surface area contributed by atoms with E-state index in [1.165, 1.54) is 36.4 Å². The number of aromatic nitrogens is 1. The number of ether oxygens (including phenoxy) is 1. The average molecular weight is 545 g/mol. The van der Waals surface area contributed by atoms with Crippen LogP contribution in [0.2, 0.25) is 0 Å². The third kappa shape index (κ3) is 5.55. The summed E-state index contributed by atoms with van der Waals surface area (Å²) in [4.78, 5) is 15.7. The molecular formula is C28H27F3N2O4S. The van der Waals surface area contributed by atoms with Gasteiger partial charge in [0.15, 0.2) is 0 Å². The molecule has 10 heteroatoms. The average Bonchev–Trinajstić information content (AvgIpc) is 3.22. The second kappa shape index (κ2) is 9.83. The molecule has 0 unspecified atom stereocenters. The Bertz CT molecular complexity index is 1600. The number of fused-ring (bicyclic) bond motifs is 1. The maximum atomic E-state index is 13.4. The largest absolute Gasteiger partial charge is 0.461 e. The molecule has 0 radical (unpaired) electrons. The number of esters is 1. The van der Waals surface area contributed by atoms with Gasteiger partial charge in [0, 0.05) is 22.2 Å². The lowest BCUT2D eigenvalue weighted by molar-refractivity contribution is -0.137. The SMILES string of the molecule is CCOC(=O)c1[nH]c2ccc(NS(=O)(=O)c3ccc(C(C)(C)C)cc3)cc2c1-c1cccc(C(F)(F)F)c1. The van der Waals surface area contributed by atoms with Gasteiger partial charge in [-0.25, -0.2) is 13.2 Å². The van der Waals surface area contributed by atoms with Crippen LogP contribution in [-0.2, 0) is 26.4 Å². The number of halogens is 3. The molecule has 0 fully saturated rings. The number of carbonyl (C=O) groups excluding carboxylic acids is 1. The van der Waals surface area contributed by atoms with E-state index < -0.39 is 27.7 Å². The summed E-state index contributed by atoms with van der Waals surface area (Å²) >= 11 is 0. The Hall–Kier alpha value is -3.79. The third-order valence-corrected chi connectivity index (χ3v) is 7.44. The van der Waals surface area contributed by atoms with Crippen LogP contribution in [0.25, 0.3) is 22.0 Å². The molecule has 0 spiro atoms. The number of benzene rings is 3. The van der Waals surface area contributed by atoms with Gasteiger partial charge in [-0.15, -0.1) is 0 Å². The van der Waals surface area contributed by atoms with Crippen molar-refractivity contribution in [2.24, 2.45) is 0 Å². The molecule has 0 aliphatic carbocycles. The van der Waals surface area contributed by atoms with Gasteiger partial charge in [0.25, 0.3) is 10.0 Å². The zero-order valence-corrected chi connectivity index (χ0v) is 22.0. The smallest absolute Gasteiger partial charge is 0.416 e. The molecular weight excluding hydrogens is 517 g/mol.